The second-order valence-electron chi connectivity index (χ2n) is 4.45. The molecule has 1 heterocycles. The van der Waals surface area contributed by atoms with Crippen molar-refractivity contribution >= 4 is 10.0 Å². The standard InChI is InChI=1S/C12H18N2O2S/c1-10-4-2-3-5-11(10)9-14-7-6-12(8-13)17(14,15)16/h2-5,12H,6-9,13H2,1H3/t12-/m0/s1. The number of hydrogen-bond acceptors (Lipinski definition) is 3. The van der Waals surface area contributed by atoms with Crippen molar-refractivity contribution in [2.24, 2.45) is 5.73 Å². The maximum absolute atomic E-state index is 12.1. The van der Waals surface area contributed by atoms with Gasteiger partial charge in [0.05, 0.1) is 5.25 Å². The van der Waals surface area contributed by atoms with Crippen LogP contribution in [0.2, 0.25) is 0 Å². The quantitative estimate of drug-likeness (QED) is 0.870. The number of nitrogens with zero attached hydrogens (tertiary/aromatic N) is 1. The predicted octanol–water partition coefficient (Wildman–Crippen LogP) is 0.858. The monoisotopic (exact) mass is 254 g/mol. The Morgan fingerprint density at radius 2 is 2.12 bits per heavy atom. The molecule has 17 heavy (non-hydrogen) atoms. The first-order valence-electron chi connectivity index (χ1n) is 5.79. The number of hydrogen-bond donors (Lipinski definition) is 1. The second-order valence-corrected chi connectivity index (χ2v) is 6.66. The molecule has 1 atom stereocenters. The van der Waals surface area contributed by atoms with Crippen LogP contribution < -0.4 is 5.73 Å². The zero-order valence-electron chi connectivity index (χ0n) is 9.96. The van der Waals surface area contributed by atoms with Gasteiger partial charge in [-0.1, -0.05) is 24.3 Å². The van der Waals surface area contributed by atoms with E-state index in [1.807, 2.05) is 31.2 Å². The van der Waals surface area contributed by atoms with Crippen molar-refractivity contribution in [1.29, 1.82) is 0 Å². The van der Waals surface area contributed by atoms with Crippen LogP contribution in [0.15, 0.2) is 24.3 Å². The van der Waals surface area contributed by atoms with Gasteiger partial charge >= 0.3 is 0 Å². The van der Waals surface area contributed by atoms with E-state index < -0.39 is 15.3 Å². The molecule has 0 saturated carbocycles. The van der Waals surface area contributed by atoms with E-state index in [0.717, 1.165) is 11.1 Å². The number of nitrogens with two attached hydrogens (primary N) is 1. The SMILES string of the molecule is Cc1ccccc1CN1CC[C@@H](CN)S1(=O)=O. The third-order valence-corrected chi connectivity index (χ3v) is 5.65. The number of benzene rings is 1. The van der Waals surface area contributed by atoms with Gasteiger partial charge in [0.25, 0.3) is 0 Å². The Bertz CT molecular complexity index is 499. The Morgan fingerprint density at radius 1 is 1.41 bits per heavy atom. The number of sulfonamides is 1. The minimum absolute atomic E-state index is 0.215. The Labute approximate surface area is 102 Å². The Hall–Kier alpha value is -0.910. The van der Waals surface area contributed by atoms with Crippen molar-refractivity contribution in [3.63, 3.8) is 0 Å². The van der Waals surface area contributed by atoms with Gasteiger partial charge < -0.3 is 5.73 Å². The molecule has 1 aliphatic heterocycles. The molecule has 4 nitrogen and oxygen atoms in total. The molecule has 94 valence electrons. The minimum Gasteiger partial charge on any atom is -0.329 e. The highest BCUT2D eigenvalue weighted by atomic mass is 32.2. The van der Waals surface area contributed by atoms with Gasteiger partial charge in [0.15, 0.2) is 0 Å². The van der Waals surface area contributed by atoms with E-state index in [0.29, 0.717) is 19.5 Å². The Kier molecular flexibility index (Phi) is 3.51. The molecular weight excluding hydrogens is 236 g/mol. The van der Waals surface area contributed by atoms with E-state index in [4.69, 9.17) is 5.73 Å². The van der Waals surface area contributed by atoms with Crippen molar-refractivity contribution in [3.05, 3.63) is 35.4 Å². The number of aryl methyl sites for hydroxylation is 1. The molecule has 5 heteroatoms. The zero-order valence-corrected chi connectivity index (χ0v) is 10.8. The van der Waals surface area contributed by atoms with Crippen molar-refractivity contribution in [3.8, 4) is 0 Å². The summed E-state index contributed by atoms with van der Waals surface area (Å²) in [6.07, 6.45) is 0.644. The van der Waals surface area contributed by atoms with Crippen molar-refractivity contribution in [1.82, 2.24) is 4.31 Å². The molecule has 2 rings (SSSR count). The third-order valence-electron chi connectivity index (χ3n) is 3.35. The summed E-state index contributed by atoms with van der Waals surface area (Å²) in [6.45, 7) is 3.26. The van der Waals surface area contributed by atoms with E-state index >= 15 is 0 Å². The van der Waals surface area contributed by atoms with E-state index in [1.54, 1.807) is 4.31 Å². The molecular formula is C12H18N2O2S. The molecule has 1 aliphatic rings. The first-order chi connectivity index (χ1) is 8.05. The van der Waals surface area contributed by atoms with Crippen LogP contribution in [0.4, 0.5) is 0 Å². The first-order valence-corrected chi connectivity index (χ1v) is 7.29. The summed E-state index contributed by atoms with van der Waals surface area (Å²) in [7, 11) is -3.18. The lowest BCUT2D eigenvalue weighted by Crippen LogP contribution is -2.33. The maximum Gasteiger partial charge on any atom is 0.218 e. The van der Waals surface area contributed by atoms with Gasteiger partial charge in [0.2, 0.25) is 10.0 Å². The fraction of sp³-hybridized carbons (Fsp3) is 0.500. The van der Waals surface area contributed by atoms with Gasteiger partial charge in [-0.15, -0.1) is 0 Å². The summed E-state index contributed by atoms with van der Waals surface area (Å²) in [5.41, 5.74) is 7.68. The highest BCUT2D eigenvalue weighted by Crippen LogP contribution is 2.24. The van der Waals surface area contributed by atoms with Gasteiger partial charge in [-0.25, -0.2) is 8.42 Å². The van der Waals surface area contributed by atoms with Crippen LogP contribution >= 0.6 is 0 Å². The summed E-state index contributed by atoms with van der Waals surface area (Å²) in [4.78, 5) is 0. The molecule has 0 amide bonds. The van der Waals surface area contributed by atoms with Crippen LogP contribution in [0.25, 0.3) is 0 Å². The smallest absolute Gasteiger partial charge is 0.218 e. The summed E-state index contributed by atoms with van der Waals surface area (Å²) < 4.78 is 25.7. The maximum atomic E-state index is 12.1. The second kappa shape index (κ2) is 4.76. The third kappa shape index (κ3) is 2.36. The topological polar surface area (TPSA) is 63.4 Å². The van der Waals surface area contributed by atoms with Crippen molar-refractivity contribution in [2.45, 2.75) is 25.1 Å². The Morgan fingerprint density at radius 3 is 2.71 bits per heavy atom. The van der Waals surface area contributed by atoms with Crippen LogP contribution in [0, 0.1) is 6.92 Å². The molecule has 0 aromatic heterocycles. The summed E-state index contributed by atoms with van der Waals surface area (Å²) in [5, 5.41) is -0.397. The average Bonchev–Trinajstić information content (AvgIpc) is 2.57. The van der Waals surface area contributed by atoms with Crippen LogP contribution in [0.5, 0.6) is 0 Å². The summed E-state index contributed by atoms with van der Waals surface area (Å²) >= 11 is 0. The fourth-order valence-electron chi connectivity index (χ4n) is 2.16. The van der Waals surface area contributed by atoms with E-state index in [9.17, 15) is 8.42 Å². The highest BCUT2D eigenvalue weighted by molar-refractivity contribution is 7.90. The van der Waals surface area contributed by atoms with E-state index in [1.165, 1.54) is 0 Å². The molecule has 1 fully saturated rings. The number of rotatable bonds is 3. The fourth-order valence-corrected chi connectivity index (χ4v) is 3.91. The normalized spacial score (nSPS) is 24.0. The first kappa shape index (κ1) is 12.5. The van der Waals surface area contributed by atoms with Crippen molar-refractivity contribution in [2.75, 3.05) is 13.1 Å². The minimum atomic E-state index is -3.18. The zero-order chi connectivity index (χ0) is 12.5. The average molecular weight is 254 g/mol. The van der Waals surface area contributed by atoms with Crippen LogP contribution in [0.1, 0.15) is 17.5 Å². The van der Waals surface area contributed by atoms with Crippen LogP contribution in [-0.2, 0) is 16.6 Å². The van der Waals surface area contributed by atoms with Gasteiger partial charge in [-0.2, -0.15) is 4.31 Å². The predicted molar refractivity (Wildman–Crippen MR) is 68.0 cm³/mol. The molecule has 0 radical (unpaired) electrons. The van der Waals surface area contributed by atoms with Crippen LogP contribution in [0.3, 0.4) is 0 Å². The molecule has 0 spiro atoms. The molecule has 0 aliphatic carbocycles. The largest absolute Gasteiger partial charge is 0.329 e. The summed E-state index contributed by atoms with van der Waals surface area (Å²) in [5.74, 6) is 0. The van der Waals surface area contributed by atoms with Gasteiger partial charge in [0, 0.05) is 19.6 Å². The molecule has 1 aromatic carbocycles. The molecule has 2 N–H and O–H groups in total. The van der Waals surface area contributed by atoms with Gasteiger partial charge in [-0.05, 0) is 24.5 Å². The van der Waals surface area contributed by atoms with E-state index in [-0.39, 0.29) is 6.54 Å². The molecule has 0 bridgehead atoms. The Balaban J connectivity index is 2.19. The molecule has 0 unspecified atom stereocenters. The van der Waals surface area contributed by atoms with Gasteiger partial charge in [0.1, 0.15) is 0 Å². The van der Waals surface area contributed by atoms with Crippen molar-refractivity contribution < 1.29 is 8.42 Å². The molecule has 1 saturated heterocycles. The highest BCUT2D eigenvalue weighted by Gasteiger charge is 2.37. The van der Waals surface area contributed by atoms with Crippen LogP contribution in [-0.4, -0.2) is 31.1 Å². The molecule has 1 aromatic rings. The lowest BCUT2D eigenvalue weighted by molar-refractivity contribution is 0.439. The van der Waals surface area contributed by atoms with E-state index in [2.05, 4.69) is 0 Å². The lowest BCUT2D eigenvalue weighted by atomic mass is 10.1. The van der Waals surface area contributed by atoms with Gasteiger partial charge in [-0.3, -0.25) is 0 Å². The summed E-state index contributed by atoms with van der Waals surface area (Å²) in [6, 6.07) is 7.87. The lowest BCUT2D eigenvalue weighted by Gasteiger charge is -2.17.